The van der Waals surface area contributed by atoms with Crippen LogP contribution in [0.2, 0.25) is 0 Å². The number of benzene rings is 1. The molecule has 0 amide bonds. The van der Waals surface area contributed by atoms with Crippen LogP contribution in [0.3, 0.4) is 0 Å². The Morgan fingerprint density at radius 3 is 2.69 bits per heavy atom. The van der Waals surface area contributed by atoms with Crippen molar-refractivity contribution < 1.29 is 0 Å². The minimum atomic E-state index is 0.553. The summed E-state index contributed by atoms with van der Waals surface area (Å²) in [6, 6.07) is 11.1. The molecule has 1 fully saturated rings. The highest BCUT2D eigenvalue weighted by Crippen LogP contribution is 2.23. The molecule has 1 aromatic heterocycles. The molecule has 1 aliphatic rings. The van der Waals surface area contributed by atoms with E-state index in [0.717, 1.165) is 37.2 Å². The molecular formula is C21H31N5. The van der Waals surface area contributed by atoms with Gasteiger partial charge in [-0.2, -0.15) is 0 Å². The molecule has 1 aromatic carbocycles. The van der Waals surface area contributed by atoms with Gasteiger partial charge in [-0.3, -0.25) is 4.99 Å². The third kappa shape index (κ3) is 5.35. The van der Waals surface area contributed by atoms with Crippen LogP contribution in [0.5, 0.6) is 0 Å². The standard InChI is InChI=1S/C21H31N5/c1-17-8-10-19(11-9-17)25-21(22-2)24-13-12-20-23-14-15-26(20)16-18-6-4-3-5-7-18/h3-7,14-15,17,19H,8-13,16H2,1-2H3,(H2,22,24,25). The van der Waals surface area contributed by atoms with Crippen molar-refractivity contribution in [3.63, 3.8) is 0 Å². The van der Waals surface area contributed by atoms with Gasteiger partial charge in [0.15, 0.2) is 5.96 Å². The molecule has 1 heterocycles. The molecule has 140 valence electrons. The highest BCUT2D eigenvalue weighted by atomic mass is 15.2. The van der Waals surface area contributed by atoms with Crippen molar-refractivity contribution in [1.29, 1.82) is 0 Å². The van der Waals surface area contributed by atoms with E-state index in [-0.39, 0.29) is 0 Å². The number of imidazole rings is 1. The number of nitrogens with one attached hydrogen (secondary N) is 2. The van der Waals surface area contributed by atoms with Crippen molar-refractivity contribution in [2.45, 2.75) is 51.6 Å². The SMILES string of the molecule is CN=C(NCCc1nccn1Cc1ccccc1)NC1CCC(C)CC1. The molecule has 0 radical (unpaired) electrons. The zero-order chi connectivity index (χ0) is 18.2. The molecule has 2 aromatic rings. The van der Waals surface area contributed by atoms with E-state index in [2.05, 4.69) is 62.6 Å². The molecule has 0 bridgehead atoms. The Morgan fingerprint density at radius 2 is 1.96 bits per heavy atom. The first-order valence-corrected chi connectivity index (χ1v) is 9.75. The van der Waals surface area contributed by atoms with Crippen molar-refractivity contribution in [2.75, 3.05) is 13.6 Å². The molecule has 0 saturated heterocycles. The lowest BCUT2D eigenvalue weighted by molar-refractivity contribution is 0.329. The van der Waals surface area contributed by atoms with Gasteiger partial charge in [0, 0.05) is 45.0 Å². The Morgan fingerprint density at radius 1 is 1.19 bits per heavy atom. The maximum atomic E-state index is 4.52. The van der Waals surface area contributed by atoms with Gasteiger partial charge < -0.3 is 15.2 Å². The number of hydrogen-bond acceptors (Lipinski definition) is 2. The summed E-state index contributed by atoms with van der Waals surface area (Å²) in [6.07, 6.45) is 9.92. The van der Waals surface area contributed by atoms with Gasteiger partial charge >= 0.3 is 0 Å². The van der Waals surface area contributed by atoms with Crippen molar-refractivity contribution >= 4 is 5.96 Å². The van der Waals surface area contributed by atoms with Crippen LogP contribution >= 0.6 is 0 Å². The van der Waals surface area contributed by atoms with Crippen LogP contribution in [0.25, 0.3) is 0 Å². The van der Waals surface area contributed by atoms with Gasteiger partial charge in [-0.25, -0.2) is 4.98 Å². The van der Waals surface area contributed by atoms with E-state index in [9.17, 15) is 0 Å². The van der Waals surface area contributed by atoms with Crippen molar-refractivity contribution in [2.24, 2.45) is 10.9 Å². The molecule has 2 N–H and O–H groups in total. The molecule has 0 spiro atoms. The quantitative estimate of drug-likeness (QED) is 0.619. The fraction of sp³-hybridized carbons (Fsp3) is 0.524. The molecule has 5 heteroatoms. The van der Waals surface area contributed by atoms with Crippen molar-refractivity contribution in [3.8, 4) is 0 Å². The highest BCUT2D eigenvalue weighted by molar-refractivity contribution is 5.79. The Kier molecular flexibility index (Phi) is 6.69. The lowest BCUT2D eigenvalue weighted by Crippen LogP contribution is -2.45. The number of hydrogen-bond donors (Lipinski definition) is 2. The molecule has 0 unspecified atom stereocenters. The number of aromatic nitrogens is 2. The normalized spacial score (nSPS) is 20.8. The van der Waals surface area contributed by atoms with Gasteiger partial charge in [0.1, 0.15) is 5.82 Å². The molecule has 0 atom stereocenters. The lowest BCUT2D eigenvalue weighted by atomic mass is 9.87. The summed E-state index contributed by atoms with van der Waals surface area (Å²) in [6.45, 7) is 4.04. The van der Waals surface area contributed by atoms with E-state index >= 15 is 0 Å². The van der Waals surface area contributed by atoms with E-state index in [1.807, 2.05) is 19.3 Å². The molecule has 5 nitrogen and oxygen atoms in total. The van der Waals surface area contributed by atoms with Crippen LogP contribution in [-0.4, -0.2) is 35.1 Å². The first kappa shape index (κ1) is 18.5. The van der Waals surface area contributed by atoms with Crippen LogP contribution in [0.4, 0.5) is 0 Å². The predicted octanol–water partition coefficient (Wildman–Crippen LogP) is 3.22. The maximum absolute atomic E-state index is 4.52. The average Bonchev–Trinajstić information content (AvgIpc) is 3.10. The Bertz CT molecular complexity index is 683. The van der Waals surface area contributed by atoms with Crippen LogP contribution in [0.1, 0.15) is 44.0 Å². The van der Waals surface area contributed by atoms with Crippen LogP contribution in [0, 0.1) is 5.92 Å². The number of aliphatic imine (C=N–C) groups is 1. The Balaban J connectivity index is 1.46. The van der Waals surface area contributed by atoms with Crippen molar-refractivity contribution in [3.05, 3.63) is 54.1 Å². The second-order valence-corrected chi connectivity index (χ2v) is 7.31. The monoisotopic (exact) mass is 353 g/mol. The molecule has 1 saturated carbocycles. The van der Waals surface area contributed by atoms with E-state index < -0.39 is 0 Å². The maximum Gasteiger partial charge on any atom is 0.191 e. The van der Waals surface area contributed by atoms with Gasteiger partial charge in [0.25, 0.3) is 0 Å². The fourth-order valence-corrected chi connectivity index (χ4v) is 3.58. The number of nitrogens with zero attached hydrogens (tertiary/aromatic N) is 3. The topological polar surface area (TPSA) is 54.2 Å². The second kappa shape index (κ2) is 9.41. The molecule has 3 rings (SSSR count). The summed E-state index contributed by atoms with van der Waals surface area (Å²) in [7, 11) is 1.84. The Hall–Kier alpha value is -2.30. The van der Waals surface area contributed by atoms with Crippen LogP contribution in [-0.2, 0) is 13.0 Å². The Labute approximate surface area is 156 Å². The van der Waals surface area contributed by atoms with E-state index in [4.69, 9.17) is 0 Å². The third-order valence-electron chi connectivity index (χ3n) is 5.22. The molecular weight excluding hydrogens is 322 g/mol. The number of rotatable bonds is 6. The minimum absolute atomic E-state index is 0.553. The van der Waals surface area contributed by atoms with Gasteiger partial charge in [0.2, 0.25) is 0 Å². The average molecular weight is 354 g/mol. The van der Waals surface area contributed by atoms with E-state index in [1.54, 1.807) is 0 Å². The summed E-state index contributed by atoms with van der Waals surface area (Å²) in [5.41, 5.74) is 1.30. The van der Waals surface area contributed by atoms with Crippen molar-refractivity contribution in [1.82, 2.24) is 20.2 Å². The summed E-state index contributed by atoms with van der Waals surface area (Å²) in [5, 5.41) is 7.02. The number of guanidine groups is 1. The minimum Gasteiger partial charge on any atom is -0.356 e. The first-order chi connectivity index (χ1) is 12.7. The van der Waals surface area contributed by atoms with Gasteiger partial charge in [-0.05, 0) is 37.2 Å². The summed E-state index contributed by atoms with van der Waals surface area (Å²) in [4.78, 5) is 8.90. The zero-order valence-corrected chi connectivity index (χ0v) is 16.0. The first-order valence-electron chi connectivity index (χ1n) is 9.75. The van der Waals surface area contributed by atoms with Gasteiger partial charge in [-0.1, -0.05) is 37.3 Å². The molecule has 26 heavy (non-hydrogen) atoms. The summed E-state index contributed by atoms with van der Waals surface area (Å²) in [5.74, 6) is 2.88. The second-order valence-electron chi connectivity index (χ2n) is 7.31. The highest BCUT2D eigenvalue weighted by Gasteiger charge is 2.18. The summed E-state index contributed by atoms with van der Waals surface area (Å²) >= 11 is 0. The fourth-order valence-electron chi connectivity index (χ4n) is 3.58. The molecule has 1 aliphatic carbocycles. The lowest BCUT2D eigenvalue weighted by Gasteiger charge is -2.28. The van der Waals surface area contributed by atoms with E-state index in [1.165, 1.54) is 31.2 Å². The van der Waals surface area contributed by atoms with Gasteiger partial charge in [-0.15, -0.1) is 0 Å². The molecule has 0 aliphatic heterocycles. The van der Waals surface area contributed by atoms with Gasteiger partial charge in [0.05, 0.1) is 0 Å². The third-order valence-corrected chi connectivity index (χ3v) is 5.22. The summed E-state index contributed by atoms with van der Waals surface area (Å²) < 4.78 is 2.22. The predicted molar refractivity (Wildman–Crippen MR) is 107 cm³/mol. The smallest absolute Gasteiger partial charge is 0.191 e. The zero-order valence-electron chi connectivity index (χ0n) is 16.0. The largest absolute Gasteiger partial charge is 0.356 e. The van der Waals surface area contributed by atoms with E-state index in [0.29, 0.717) is 6.04 Å². The van der Waals surface area contributed by atoms with Crippen LogP contribution < -0.4 is 10.6 Å². The van der Waals surface area contributed by atoms with Crippen LogP contribution in [0.15, 0.2) is 47.7 Å².